The number of carbonyl (C=O) groups is 8. The van der Waals surface area contributed by atoms with Crippen molar-refractivity contribution in [2.45, 2.75) is 103 Å². The van der Waals surface area contributed by atoms with Crippen LogP contribution in [-0.4, -0.2) is 96.0 Å². The minimum atomic E-state index is -5.19. The first-order chi connectivity index (χ1) is 25.5. The van der Waals surface area contributed by atoms with Crippen LogP contribution in [0.15, 0.2) is 42.5 Å². The second kappa shape index (κ2) is 24.7. The van der Waals surface area contributed by atoms with Gasteiger partial charge in [0.05, 0.1) is 13.5 Å². The molecular weight excluding hydrogens is 737 g/mol. The number of halogens is 3. The molecule has 0 fully saturated rings. The van der Waals surface area contributed by atoms with Crippen LogP contribution in [0.4, 0.5) is 13.2 Å². The number of aliphatic carboxylic acids is 2. The lowest BCUT2D eigenvalue weighted by molar-refractivity contribution is -0.405. The summed E-state index contributed by atoms with van der Waals surface area (Å²) in [6.07, 6.45) is -2.71. The number of hydrogen-bond acceptors (Lipinski definition) is 10. The number of esters is 1. The predicted molar refractivity (Wildman–Crippen MR) is 186 cm³/mol. The van der Waals surface area contributed by atoms with E-state index in [1.165, 1.54) is 13.2 Å². The Labute approximate surface area is 316 Å². The highest BCUT2D eigenvalue weighted by atomic mass is 19.4. The van der Waals surface area contributed by atoms with Crippen molar-refractivity contribution in [3.63, 3.8) is 0 Å². The molecule has 0 unspecified atom stereocenters. The van der Waals surface area contributed by atoms with Crippen molar-refractivity contribution < 1.29 is 72.2 Å². The zero-order valence-corrected chi connectivity index (χ0v) is 31.3. The summed E-state index contributed by atoms with van der Waals surface area (Å²) in [5.41, 5.74) is 9.72. The van der Waals surface area contributed by atoms with E-state index in [9.17, 15) is 46.7 Å². The number of primary amides is 1. The monoisotopic (exact) mass is 788 g/mol. The Kier molecular flexibility index (Phi) is 22.2. The average molecular weight is 789 g/mol. The number of hydrogen-bond donors (Lipinski definition) is 7. The van der Waals surface area contributed by atoms with Crippen LogP contribution in [0.25, 0.3) is 0 Å². The van der Waals surface area contributed by atoms with Crippen LogP contribution in [0.3, 0.4) is 0 Å². The number of carboxylic acids is 2. The molecule has 0 spiro atoms. The largest absolute Gasteiger partial charge is 0.542 e. The predicted octanol–water partition coefficient (Wildman–Crippen LogP) is -1.36. The van der Waals surface area contributed by atoms with Gasteiger partial charge in [-0.05, 0) is 30.2 Å². The Hall–Kier alpha value is -5.53. The van der Waals surface area contributed by atoms with E-state index in [-0.39, 0.29) is 44.4 Å². The maximum absolute atomic E-state index is 13.8. The van der Waals surface area contributed by atoms with Gasteiger partial charge in [-0.1, -0.05) is 64.1 Å². The zero-order valence-electron chi connectivity index (χ0n) is 31.3. The van der Waals surface area contributed by atoms with Crippen LogP contribution < -0.4 is 37.8 Å². The topological polar surface area (TPSA) is 291 Å². The van der Waals surface area contributed by atoms with E-state index in [0.29, 0.717) is 0 Å². The van der Waals surface area contributed by atoms with Gasteiger partial charge in [-0.25, -0.2) is 4.79 Å². The minimum absolute atomic E-state index is 0.0152. The molecule has 0 radical (unpaired) electrons. The quantitative estimate of drug-likeness (QED) is 0.0564. The van der Waals surface area contributed by atoms with Gasteiger partial charge in [0.1, 0.15) is 24.1 Å². The van der Waals surface area contributed by atoms with Gasteiger partial charge in [-0.15, -0.1) is 0 Å². The first-order valence-corrected chi connectivity index (χ1v) is 17.1. The molecule has 20 heteroatoms. The van der Waals surface area contributed by atoms with Crippen molar-refractivity contribution >= 4 is 47.4 Å². The third kappa shape index (κ3) is 21.7. The molecule has 1 aromatic carbocycles. The molecule has 5 atom stereocenters. The number of amides is 5. The summed E-state index contributed by atoms with van der Waals surface area (Å²) in [6, 6.07) is 3.95. The van der Waals surface area contributed by atoms with Gasteiger partial charge in [0.2, 0.25) is 23.6 Å². The van der Waals surface area contributed by atoms with Crippen LogP contribution in [0.1, 0.15) is 65.4 Å². The number of methoxy groups -OCH3 is 1. The lowest BCUT2D eigenvalue weighted by Crippen LogP contribution is -2.69. The van der Waals surface area contributed by atoms with Gasteiger partial charge in [0.15, 0.2) is 6.04 Å². The van der Waals surface area contributed by atoms with Gasteiger partial charge in [-0.2, -0.15) is 13.2 Å². The number of ether oxygens (including phenoxy) is 1. The molecule has 17 nitrogen and oxygen atoms in total. The summed E-state index contributed by atoms with van der Waals surface area (Å²) in [4.78, 5) is 96.4. The molecule has 5 amide bonds. The standard InChI is InChI=1S/C33H50N6O9.C2HF3O2/c1-19(2)17-24(38-33(47)29(20(3)4)39-30(44)23(34)13-15-27(41)42)32(46)37-25(18-21-9-7-6-8-10-21)31(45)36-22(11-14-26(35)40)12-16-28(43)48-5;3-2(4,5)1(6)7/h6-10,12,16,19-20,22-25,29H,11,13-15,17-18,34H2,1-5H3,(H2,35,40)(H,36,45)(H,37,46)(H,38,47)(H,39,44)(H,41,42);(H,6,7)/b16-12+;/t22-,23-,24-,25-,29-;/m0./s1. The maximum Gasteiger partial charge on any atom is 0.430 e. The Morgan fingerprint density at radius 1 is 0.855 bits per heavy atom. The number of nitrogens with one attached hydrogen (secondary N) is 4. The molecular formula is C35H51F3N6O11. The van der Waals surface area contributed by atoms with Crippen LogP contribution in [-0.2, 0) is 49.5 Å². The van der Waals surface area contributed by atoms with Crippen molar-refractivity contribution in [1.29, 1.82) is 0 Å². The fourth-order valence-corrected chi connectivity index (χ4v) is 4.59. The van der Waals surface area contributed by atoms with Gasteiger partial charge in [-0.3, -0.25) is 28.8 Å². The van der Waals surface area contributed by atoms with Crippen molar-refractivity contribution in [1.82, 2.24) is 21.3 Å². The smallest absolute Gasteiger partial charge is 0.430 e. The molecule has 0 aliphatic carbocycles. The van der Waals surface area contributed by atoms with E-state index in [2.05, 4.69) is 31.7 Å². The van der Waals surface area contributed by atoms with Gasteiger partial charge >= 0.3 is 18.1 Å². The third-order valence-corrected chi connectivity index (χ3v) is 7.51. The molecule has 0 saturated heterocycles. The van der Waals surface area contributed by atoms with E-state index in [1.807, 2.05) is 13.8 Å². The van der Waals surface area contributed by atoms with Crippen LogP contribution in [0.5, 0.6) is 0 Å². The Balaban J connectivity index is 0.00000377. The van der Waals surface area contributed by atoms with E-state index < -0.39 is 89.7 Å². The molecule has 1 rings (SSSR count). The Morgan fingerprint density at radius 3 is 1.87 bits per heavy atom. The second-order valence-electron chi connectivity index (χ2n) is 13.1. The summed E-state index contributed by atoms with van der Waals surface area (Å²) in [6.45, 7) is 7.13. The molecule has 1 aromatic rings. The van der Waals surface area contributed by atoms with E-state index in [4.69, 9.17) is 20.7 Å². The SMILES string of the molecule is COC(=O)/C=C/[C@H](CCC(N)=O)NC(=O)[C@H](Cc1ccccc1)NC(=O)[C@H](CC(C)C)NC(=O)[C@@H](NC(=O)[C@@H]([NH3+])CCC(=O)O)C(C)C.O=C([O-])C(F)(F)F. The van der Waals surface area contributed by atoms with Crippen molar-refractivity contribution in [2.75, 3.05) is 7.11 Å². The van der Waals surface area contributed by atoms with E-state index >= 15 is 0 Å². The third-order valence-electron chi connectivity index (χ3n) is 7.51. The lowest BCUT2D eigenvalue weighted by atomic mass is 9.98. The van der Waals surface area contributed by atoms with Gasteiger partial charge in [0, 0.05) is 31.4 Å². The highest BCUT2D eigenvalue weighted by Crippen LogP contribution is 2.12. The first kappa shape index (κ1) is 49.5. The number of nitrogens with two attached hydrogens (primary N) is 1. The number of benzene rings is 1. The minimum Gasteiger partial charge on any atom is -0.542 e. The summed E-state index contributed by atoms with van der Waals surface area (Å²) in [5.74, 6) is -8.29. The molecule has 308 valence electrons. The van der Waals surface area contributed by atoms with Gasteiger partial charge < -0.3 is 52.5 Å². The molecule has 0 heterocycles. The zero-order chi connectivity index (χ0) is 42.5. The highest BCUT2D eigenvalue weighted by molar-refractivity contribution is 5.95. The van der Waals surface area contributed by atoms with Crippen LogP contribution >= 0.6 is 0 Å². The highest BCUT2D eigenvalue weighted by Gasteiger charge is 2.33. The number of carboxylic acid groups (broad SMARTS) is 2. The van der Waals surface area contributed by atoms with Gasteiger partial charge in [0.25, 0.3) is 5.91 Å². The van der Waals surface area contributed by atoms with Crippen molar-refractivity contribution in [3.8, 4) is 0 Å². The number of rotatable bonds is 21. The molecule has 0 aliphatic heterocycles. The summed E-state index contributed by atoms with van der Waals surface area (Å²) in [5, 5.41) is 28.5. The Bertz CT molecular complexity index is 1490. The van der Waals surface area contributed by atoms with Crippen molar-refractivity contribution in [2.24, 2.45) is 17.6 Å². The normalized spacial score (nSPS) is 13.9. The second-order valence-corrected chi connectivity index (χ2v) is 13.1. The first-order valence-electron chi connectivity index (χ1n) is 17.1. The summed E-state index contributed by atoms with van der Waals surface area (Å²) >= 11 is 0. The molecule has 0 aromatic heterocycles. The lowest BCUT2D eigenvalue weighted by Gasteiger charge is -2.28. The average Bonchev–Trinajstić information content (AvgIpc) is 3.09. The van der Waals surface area contributed by atoms with Crippen LogP contribution in [0.2, 0.25) is 0 Å². The summed E-state index contributed by atoms with van der Waals surface area (Å²) in [7, 11) is 1.19. The molecule has 55 heavy (non-hydrogen) atoms. The number of quaternary nitrogens is 1. The molecule has 0 saturated carbocycles. The fourth-order valence-electron chi connectivity index (χ4n) is 4.59. The van der Waals surface area contributed by atoms with E-state index in [1.54, 1.807) is 44.2 Å². The van der Waals surface area contributed by atoms with Crippen LogP contribution in [0, 0.1) is 11.8 Å². The fraction of sp³-hybridized carbons (Fsp3) is 0.543. The van der Waals surface area contributed by atoms with E-state index in [0.717, 1.165) is 11.6 Å². The van der Waals surface area contributed by atoms with Crippen molar-refractivity contribution in [3.05, 3.63) is 48.0 Å². The number of alkyl halides is 3. The Morgan fingerprint density at radius 2 is 1.40 bits per heavy atom. The number of carbonyl (C=O) groups excluding carboxylic acids is 7. The molecule has 0 bridgehead atoms. The maximum atomic E-state index is 13.8. The molecule has 0 aliphatic rings. The molecule has 10 N–H and O–H groups in total. The summed E-state index contributed by atoms with van der Waals surface area (Å²) < 4.78 is 36.2.